The van der Waals surface area contributed by atoms with Crippen molar-refractivity contribution in [1.82, 2.24) is 9.88 Å². The van der Waals surface area contributed by atoms with Gasteiger partial charge in [-0.15, -0.1) is 11.3 Å². The summed E-state index contributed by atoms with van der Waals surface area (Å²) in [7, 11) is 0. The zero-order chi connectivity index (χ0) is 12.2. The first kappa shape index (κ1) is 13.1. The third kappa shape index (κ3) is 3.28. The van der Waals surface area contributed by atoms with Gasteiger partial charge in [-0.3, -0.25) is 4.79 Å². The molecule has 5 heteroatoms. The fourth-order valence-corrected chi connectivity index (χ4v) is 1.91. The lowest BCUT2D eigenvalue weighted by molar-refractivity contribution is 0.0696. The van der Waals surface area contributed by atoms with Gasteiger partial charge in [0, 0.05) is 18.5 Å². The van der Waals surface area contributed by atoms with Crippen LogP contribution in [0, 0.1) is 5.41 Å². The monoisotopic (exact) mass is 241 g/mol. The molecule has 0 unspecified atom stereocenters. The summed E-state index contributed by atoms with van der Waals surface area (Å²) in [5.41, 5.74) is 7.83. The average Bonchev–Trinajstić information content (AvgIpc) is 2.78. The number of thiazole rings is 1. The van der Waals surface area contributed by atoms with Crippen LogP contribution in [0.1, 0.15) is 31.3 Å². The molecule has 0 atom stereocenters. The van der Waals surface area contributed by atoms with Crippen LogP contribution < -0.4 is 5.73 Å². The van der Waals surface area contributed by atoms with E-state index in [1.165, 1.54) is 11.3 Å². The molecule has 0 aromatic carbocycles. The fraction of sp³-hybridized carbons (Fsp3) is 0.636. The minimum absolute atomic E-state index is 0.00900. The van der Waals surface area contributed by atoms with E-state index in [1.54, 1.807) is 15.8 Å². The largest absolute Gasteiger partial charge is 0.337 e. The molecule has 1 heterocycles. The van der Waals surface area contributed by atoms with Crippen LogP contribution >= 0.6 is 11.3 Å². The van der Waals surface area contributed by atoms with Crippen molar-refractivity contribution in [2.24, 2.45) is 11.1 Å². The lowest BCUT2D eigenvalue weighted by Gasteiger charge is -2.30. The Morgan fingerprint density at radius 1 is 1.62 bits per heavy atom. The van der Waals surface area contributed by atoms with Gasteiger partial charge in [0.05, 0.1) is 5.51 Å². The van der Waals surface area contributed by atoms with E-state index < -0.39 is 0 Å². The number of hydrogen-bond donors (Lipinski definition) is 1. The predicted octanol–water partition coefficient (Wildman–Crippen LogP) is 1.59. The van der Waals surface area contributed by atoms with Gasteiger partial charge in [0.1, 0.15) is 5.69 Å². The van der Waals surface area contributed by atoms with Gasteiger partial charge in [-0.1, -0.05) is 13.8 Å². The first-order valence-electron chi connectivity index (χ1n) is 5.37. The molecule has 1 aromatic heterocycles. The lowest BCUT2D eigenvalue weighted by Crippen LogP contribution is -2.42. The molecule has 90 valence electrons. The van der Waals surface area contributed by atoms with Gasteiger partial charge in [-0.05, 0) is 18.9 Å². The summed E-state index contributed by atoms with van der Waals surface area (Å²) in [6.45, 7) is 7.99. The molecule has 4 nitrogen and oxygen atoms in total. The summed E-state index contributed by atoms with van der Waals surface area (Å²) in [5, 5.41) is 1.78. The number of aromatic nitrogens is 1. The quantitative estimate of drug-likeness (QED) is 0.851. The van der Waals surface area contributed by atoms with Crippen LogP contribution in [0.5, 0.6) is 0 Å². The van der Waals surface area contributed by atoms with Crippen molar-refractivity contribution in [3.63, 3.8) is 0 Å². The Hall–Kier alpha value is -0.940. The van der Waals surface area contributed by atoms with Crippen LogP contribution in [-0.4, -0.2) is 35.4 Å². The third-order valence-electron chi connectivity index (χ3n) is 2.49. The molecule has 0 fully saturated rings. The number of nitrogens with two attached hydrogens (primary N) is 1. The Kier molecular flexibility index (Phi) is 4.44. The highest BCUT2D eigenvalue weighted by atomic mass is 32.1. The van der Waals surface area contributed by atoms with Gasteiger partial charge in [0.2, 0.25) is 0 Å². The van der Waals surface area contributed by atoms with Gasteiger partial charge in [-0.25, -0.2) is 4.98 Å². The van der Waals surface area contributed by atoms with Crippen LogP contribution in [0.4, 0.5) is 0 Å². The van der Waals surface area contributed by atoms with Crippen molar-refractivity contribution in [3.05, 3.63) is 16.6 Å². The highest BCUT2D eigenvalue weighted by Crippen LogP contribution is 2.16. The molecule has 0 aliphatic heterocycles. The Morgan fingerprint density at radius 3 is 2.75 bits per heavy atom. The Labute approximate surface area is 100 Å². The van der Waals surface area contributed by atoms with E-state index in [0.29, 0.717) is 25.3 Å². The smallest absolute Gasteiger partial charge is 0.273 e. The van der Waals surface area contributed by atoms with E-state index in [-0.39, 0.29) is 11.3 Å². The van der Waals surface area contributed by atoms with Crippen molar-refractivity contribution in [3.8, 4) is 0 Å². The maximum Gasteiger partial charge on any atom is 0.273 e. The SMILES string of the molecule is CCN(CC(C)(C)CN)C(=O)c1cscn1. The number of nitrogens with zero attached hydrogens (tertiary/aromatic N) is 2. The Balaban J connectivity index is 2.72. The number of rotatable bonds is 5. The maximum absolute atomic E-state index is 12.1. The summed E-state index contributed by atoms with van der Waals surface area (Å²) in [6.07, 6.45) is 0. The molecular formula is C11H19N3OS. The maximum atomic E-state index is 12.1. The molecule has 0 saturated heterocycles. The van der Waals surface area contributed by atoms with Crippen molar-refractivity contribution in [1.29, 1.82) is 0 Å². The average molecular weight is 241 g/mol. The normalized spacial score (nSPS) is 11.5. The zero-order valence-corrected chi connectivity index (χ0v) is 10.9. The zero-order valence-electron chi connectivity index (χ0n) is 10.1. The second-order valence-corrected chi connectivity index (χ2v) is 5.28. The highest BCUT2D eigenvalue weighted by molar-refractivity contribution is 7.07. The number of hydrogen-bond acceptors (Lipinski definition) is 4. The molecule has 0 aliphatic carbocycles. The molecule has 0 spiro atoms. The second kappa shape index (κ2) is 5.41. The van der Waals surface area contributed by atoms with Crippen LogP contribution in [0.25, 0.3) is 0 Å². The molecule has 1 aromatic rings. The molecule has 0 aliphatic rings. The van der Waals surface area contributed by atoms with E-state index >= 15 is 0 Å². The molecule has 16 heavy (non-hydrogen) atoms. The number of carbonyl (C=O) groups excluding carboxylic acids is 1. The highest BCUT2D eigenvalue weighted by Gasteiger charge is 2.24. The van der Waals surface area contributed by atoms with Gasteiger partial charge in [0.15, 0.2) is 0 Å². The number of carbonyl (C=O) groups is 1. The summed E-state index contributed by atoms with van der Waals surface area (Å²) in [5.74, 6) is -0.00900. The van der Waals surface area contributed by atoms with E-state index in [2.05, 4.69) is 18.8 Å². The molecule has 1 amide bonds. The van der Waals surface area contributed by atoms with E-state index in [0.717, 1.165) is 0 Å². The van der Waals surface area contributed by atoms with Crippen LogP contribution in [0.3, 0.4) is 0 Å². The molecular weight excluding hydrogens is 222 g/mol. The van der Waals surface area contributed by atoms with E-state index in [4.69, 9.17) is 5.73 Å². The van der Waals surface area contributed by atoms with Crippen LogP contribution in [0.15, 0.2) is 10.9 Å². The molecule has 2 N–H and O–H groups in total. The lowest BCUT2D eigenvalue weighted by atomic mass is 9.93. The van der Waals surface area contributed by atoms with Crippen molar-refractivity contribution in [2.75, 3.05) is 19.6 Å². The summed E-state index contributed by atoms with van der Waals surface area (Å²) < 4.78 is 0. The topological polar surface area (TPSA) is 59.2 Å². The Bertz CT molecular complexity index is 335. The minimum Gasteiger partial charge on any atom is -0.337 e. The molecule has 0 bridgehead atoms. The van der Waals surface area contributed by atoms with Crippen LogP contribution in [0.2, 0.25) is 0 Å². The molecule has 0 radical (unpaired) electrons. The van der Waals surface area contributed by atoms with Gasteiger partial charge in [-0.2, -0.15) is 0 Å². The van der Waals surface area contributed by atoms with Crippen molar-refractivity contribution < 1.29 is 4.79 Å². The predicted molar refractivity (Wildman–Crippen MR) is 66.5 cm³/mol. The van der Waals surface area contributed by atoms with Crippen molar-refractivity contribution >= 4 is 17.2 Å². The standard InChI is InChI=1S/C11H19N3OS/c1-4-14(7-11(2,3)6-12)10(15)9-5-16-8-13-9/h5,8H,4,6-7,12H2,1-3H3. The summed E-state index contributed by atoms with van der Waals surface area (Å²) in [6, 6.07) is 0. The van der Waals surface area contributed by atoms with Gasteiger partial charge >= 0.3 is 0 Å². The van der Waals surface area contributed by atoms with E-state index in [1.807, 2.05) is 6.92 Å². The first-order valence-corrected chi connectivity index (χ1v) is 6.32. The molecule has 1 rings (SSSR count). The van der Waals surface area contributed by atoms with E-state index in [9.17, 15) is 4.79 Å². The van der Waals surface area contributed by atoms with Crippen LogP contribution in [-0.2, 0) is 0 Å². The Morgan fingerprint density at radius 2 is 2.31 bits per heavy atom. The summed E-state index contributed by atoms with van der Waals surface area (Å²) >= 11 is 1.44. The minimum atomic E-state index is -0.0539. The van der Waals surface area contributed by atoms with Gasteiger partial charge < -0.3 is 10.6 Å². The van der Waals surface area contributed by atoms with Gasteiger partial charge in [0.25, 0.3) is 5.91 Å². The summed E-state index contributed by atoms with van der Waals surface area (Å²) in [4.78, 5) is 17.9. The van der Waals surface area contributed by atoms with Crippen molar-refractivity contribution in [2.45, 2.75) is 20.8 Å². The molecule has 0 saturated carbocycles. The number of amides is 1. The fourth-order valence-electron chi connectivity index (χ4n) is 1.39. The second-order valence-electron chi connectivity index (χ2n) is 4.56. The first-order chi connectivity index (χ1) is 7.50. The third-order valence-corrected chi connectivity index (χ3v) is 3.08.